The number of nitrogens with one attached hydrogen (secondary N) is 1. The van der Waals surface area contributed by atoms with E-state index < -0.39 is 34.1 Å². The number of carbonyl (C=O) groups excluding carboxylic acids is 2. The summed E-state index contributed by atoms with van der Waals surface area (Å²) in [4.78, 5) is 28.9. The van der Waals surface area contributed by atoms with Crippen molar-refractivity contribution in [1.82, 2.24) is 10.2 Å². The van der Waals surface area contributed by atoms with Crippen molar-refractivity contribution in [3.63, 3.8) is 0 Å². The molecule has 3 aromatic rings. The standard InChI is InChI=1S/C32H41N3O6S/c1-22-13-16-27(17-14-22)42(38,39)35(26-15-18-28(40-7)29(19-26)41-8)21-30(36)34(20-25-12-10-9-11-23(25)2)24(3)31(37)33-32(4,5)6/h9-19,24H,20-21H2,1-8H3,(H,33,37)/t24-/m0/s1. The molecule has 3 rings (SSSR count). The molecule has 0 saturated carbocycles. The molecule has 0 heterocycles. The van der Waals surface area contributed by atoms with Crippen molar-refractivity contribution in [3.8, 4) is 11.5 Å². The Morgan fingerprint density at radius 1 is 0.905 bits per heavy atom. The zero-order chi connectivity index (χ0) is 31.2. The minimum Gasteiger partial charge on any atom is -0.493 e. The van der Waals surface area contributed by atoms with E-state index in [4.69, 9.17) is 9.47 Å². The fourth-order valence-corrected chi connectivity index (χ4v) is 5.78. The number of hydrogen-bond acceptors (Lipinski definition) is 6. The van der Waals surface area contributed by atoms with Gasteiger partial charge in [0.05, 0.1) is 24.8 Å². The molecule has 2 amide bonds. The van der Waals surface area contributed by atoms with Crippen LogP contribution in [0.1, 0.15) is 44.4 Å². The Labute approximate surface area is 249 Å². The third kappa shape index (κ3) is 7.82. The molecule has 3 aromatic carbocycles. The lowest BCUT2D eigenvalue weighted by Crippen LogP contribution is -2.54. The predicted octanol–water partition coefficient (Wildman–Crippen LogP) is 4.85. The highest BCUT2D eigenvalue weighted by Gasteiger charge is 2.34. The van der Waals surface area contributed by atoms with Crippen molar-refractivity contribution in [2.45, 2.75) is 64.6 Å². The molecule has 226 valence electrons. The monoisotopic (exact) mass is 595 g/mol. The van der Waals surface area contributed by atoms with Crippen LogP contribution in [0.5, 0.6) is 11.5 Å². The lowest BCUT2D eigenvalue weighted by Gasteiger charge is -2.34. The van der Waals surface area contributed by atoms with E-state index in [0.717, 1.165) is 21.0 Å². The predicted molar refractivity (Wildman–Crippen MR) is 164 cm³/mol. The molecule has 0 spiro atoms. The summed E-state index contributed by atoms with van der Waals surface area (Å²) in [5, 5.41) is 2.93. The number of amides is 2. The number of rotatable bonds is 11. The number of hydrogen-bond donors (Lipinski definition) is 1. The Morgan fingerprint density at radius 3 is 2.10 bits per heavy atom. The minimum absolute atomic E-state index is 0.0275. The summed E-state index contributed by atoms with van der Waals surface area (Å²) in [7, 11) is -1.28. The maximum absolute atomic E-state index is 14.1. The van der Waals surface area contributed by atoms with Gasteiger partial charge in [-0.15, -0.1) is 0 Å². The molecule has 10 heteroatoms. The average Bonchev–Trinajstić information content (AvgIpc) is 2.93. The summed E-state index contributed by atoms with van der Waals surface area (Å²) in [6.07, 6.45) is 0. The van der Waals surface area contributed by atoms with Crippen LogP contribution in [0.25, 0.3) is 0 Å². The van der Waals surface area contributed by atoms with Crippen LogP contribution < -0.4 is 19.1 Å². The maximum Gasteiger partial charge on any atom is 0.264 e. The molecule has 0 radical (unpaired) electrons. The molecular weight excluding hydrogens is 554 g/mol. The van der Waals surface area contributed by atoms with Gasteiger partial charge in [-0.1, -0.05) is 42.0 Å². The fourth-order valence-electron chi connectivity index (χ4n) is 4.37. The second-order valence-corrected chi connectivity index (χ2v) is 13.1. The van der Waals surface area contributed by atoms with E-state index in [-0.39, 0.29) is 23.0 Å². The summed E-state index contributed by atoms with van der Waals surface area (Å²) < 4.78 is 39.9. The largest absolute Gasteiger partial charge is 0.493 e. The number of aryl methyl sites for hydroxylation is 2. The summed E-state index contributed by atoms with van der Waals surface area (Å²) in [6, 6.07) is 17.8. The van der Waals surface area contributed by atoms with Gasteiger partial charge in [0, 0.05) is 18.2 Å². The Kier molecular flexibility index (Phi) is 10.3. The number of anilines is 1. The molecule has 0 bridgehead atoms. The Bertz CT molecular complexity index is 1510. The highest BCUT2D eigenvalue weighted by atomic mass is 32.2. The quantitative estimate of drug-likeness (QED) is 0.340. The first-order chi connectivity index (χ1) is 19.7. The van der Waals surface area contributed by atoms with Crippen molar-refractivity contribution >= 4 is 27.5 Å². The van der Waals surface area contributed by atoms with Gasteiger partial charge in [0.15, 0.2) is 11.5 Å². The van der Waals surface area contributed by atoms with Crippen molar-refractivity contribution in [2.24, 2.45) is 0 Å². The minimum atomic E-state index is -4.21. The molecule has 1 N–H and O–H groups in total. The molecule has 0 aromatic heterocycles. The molecule has 0 aliphatic heterocycles. The number of ether oxygens (including phenoxy) is 2. The van der Waals surface area contributed by atoms with Crippen LogP contribution in [0.4, 0.5) is 5.69 Å². The summed E-state index contributed by atoms with van der Waals surface area (Å²) in [5.41, 5.74) is 2.38. The van der Waals surface area contributed by atoms with Gasteiger partial charge < -0.3 is 19.7 Å². The van der Waals surface area contributed by atoms with Crippen molar-refractivity contribution in [2.75, 3.05) is 25.1 Å². The highest BCUT2D eigenvalue weighted by Crippen LogP contribution is 2.34. The highest BCUT2D eigenvalue weighted by molar-refractivity contribution is 7.92. The first-order valence-electron chi connectivity index (χ1n) is 13.7. The van der Waals surface area contributed by atoms with Gasteiger partial charge >= 0.3 is 0 Å². The van der Waals surface area contributed by atoms with E-state index in [1.54, 1.807) is 31.2 Å². The third-order valence-corrected chi connectivity index (χ3v) is 8.60. The molecule has 0 saturated heterocycles. The van der Waals surface area contributed by atoms with Crippen LogP contribution >= 0.6 is 0 Å². The van der Waals surface area contributed by atoms with Gasteiger partial charge in [0.2, 0.25) is 11.8 Å². The van der Waals surface area contributed by atoms with Gasteiger partial charge in [-0.05, 0) is 76.9 Å². The zero-order valence-electron chi connectivity index (χ0n) is 25.6. The van der Waals surface area contributed by atoms with E-state index in [1.807, 2.05) is 58.9 Å². The molecule has 1 atom stereocenters. The van der Waals surface area contributed by atoms with E-state index in [9.17, 15) is 18.0 Å². The second kappa shape index (κ2) is 13.3. The topological polar surface area (TPSA) is 105 Å². The van der Waals surface area contributed by atoms with Crippen LogP contribution in [0.15, 0.2) is 71.6 Å². The number of methoxy groups -OCH3 is 2. The third-order valence-electron chi connectivity index (χ3n) is 6.81. The SMILES string of the molecule is COc1ccc(N(CC(=O)N(Cc2ccccc2C)[C@@H](C)C(=O)NC(C)(C)C)S(=O)(=O)c2ccc(C)cc2)cc1OC. The maximum atomic E-state index is 14.1. The lowest BCUT2D eigenvalue weighted by atomic mass is 10.1. The van der Waals surface area contributed by atoms with Gasteiger partial charge in [0.1, 0.15) is 12.6 Å². The first-order valence-corrected chi connectivity index (χ1v) is 15.1. The molecular formula is C32H41N3O6S. The average molecular weight is 596 g/mol. The van der Waals surface area contributed by atoms with Gasteiger partial charge in [-0.3, -0.25) is 13.9 Å². The summed E-state index contributed by atoms with van der Waals surface area (Å²) >= 11 is 0. The Morgan fingerprint density at radius 2 is 1.52 bits per heavy atom. The van der Waals surface area contributed by atoms with Crippen molar-refractivity contribution in [1.29, 1.82) is 0 Å². The molecule has 9 nitrogen and oxygen atoms in total. The first kappa shape index (κ1) is 32.5. The lowest BCUT2D eigenvalue weighted by molar-refractivity contribution is -0.140. The van der Waals surface area contributed by atoms with Crippen LogP contribution in [0.2, 0.25) is 0 Å². The smallest absolute Gasteiger partial charge is 0.264 e. The zero-order valence-corrected chi connectivity index (χ0v) is 26.4. The van der Waals surface area contributed by atoms with Crippen molar-refractivity contribution in [3.05, 3.63) is 83.4 Å². The molecule has 0 aliphatic carbocycles. The van der Waals surface area contributed by atoms with E-state index in [2.05, 4.69) is 5.32 Å². The molecule has 0 unspecified atom stereocenters. The Balaban J connectivity index is 2.11. The van der Waals surface area contributed by atoms with Crippen LogP contribution in [-0.4, -0.2) is 57.5 Å². The molecule has 0 aliphatic rings. The van der Waals surface area contributed by atoms with Crippen molar-refractivity contribution < 1.29 is 27.5 Å². The Hall–Kier alpha value is -4.05. The number of carbonyl (C=O) groups is 2. The fraction of sp³-hybridized carbons (Fsp3) is 0.375. The van der Waals surface area contributed by atoms with Gasteiger partial charge in [0.25, 0.3) is 10.0 Å². The van der Waals surface area contributed by atoms with E-state index in [0.29, 0.717) is 11.5 Å². The van der Waals surface area contributed by atoms with Crippen LogP contribution in [0.3, 0.4) is 0 Å². The molecule has 42 heavy (non-hydrogen) atoms. The van der Waals surface area contributed by atoms with E-state index in [1.165, 1.54) is 37.3 Å². The van der Waals surface area contributed by atoms with Gasteiger partial charge in [-0.25, -0.2) is 8.42 Å². The number of benzene rings is 3. The van der Waals surface area contributed by atoms with Gasteiger partial charge in [-0.2, -0.15) is 0 Å². The normalized spacial score (nSPS) is 12.3. The summed E-state index contributed by atoms with van der Waals surface area (Å²) in [5.74, 6) is -0.168. The van der Waals surface area contributed by atoms with Crippen LogP contribution in [0, 0.1) is 13.8 Å². The molecule has 0 fully saturated rings. The number of sulfonamides is 1. The summed E-state index contributed by atoms with van der Waals surface area (Å²) in [6.45, 7) is 10.6. The van der Waals surface area contributed by atoms with E-state index >= 15 is 0 Å². The second-order valence-electron chi connectivity index (χ2n) is 11.2. The van der Waals surface area contributed by atoms with Crippen LogP contribution in [-0.2, 0) is 26.2 Å². The number of nitrogens with zero attached hydrogens (tertiary/aromatic N) is 2.